The Hall–Kier alpha value is -6.78. The number of hydrogen-bond donors (Lipinski definition) is 4. The van der Waals surface area contributed by atoms with Crippen LogP contribution in [0, 0.1) is 17.3 Å². The maximum atomic E-state index is 15.5. The number of ether oxygens (including phenoxy) is 4. The number of aliphatic hydroxyl groups is 1. The van der Waals surface area contributed by atoms with Crippen molar-refractivity contribution >= 4 is 28.8 Å². The molecule has 0 spiro atoms. The van der Waals surface area contributed by atoms with Gasteiger partial charge in [0.2, 0.25) is 0 Å². The molecule has 356 valence electrons. The molecule has 10 heteroatoms. The van der Waals surface area contributed by atoms with Crippen LogP contribution in [0.1, 0.15) is 97.1 Å². The van der Waals surface area contributed by atoms with Gasteiger partial charge in [-0.3, -0.25) is 9.59 Å². The number of hydrogen-bond acceptors (Lipinski definition) is 10. The maximum Gasteiger partial charge on any atom is 0.316 e. The van der Waals surface area contributed by atoms with E-state index in [2.05, 4.69) is 18.2 Å². The number of phenolic OH excluding ortho intramolecular Hbond substituents is 3. The Morgan fingerprint density at radius 2 is 1.45 bits per heavy atom. The number of methoxy groups -OCH3 is 2. The van der Waals surface area contributed by atoms with Crippen molar-refractivity contribution in [2.24, 2.45) is 17.3 Å². The van der Waals surface area contributed by atoms with Gasteiger partial charge in [-0.05, 0) is 148 Å². The van der Waals surface area contributed by atoms with Crippen molar-refractivity contribution in [2.75, 3.05) is 20.8 Å². The predicted octanol–water partition coefficient (Wildman–Crippen LogP) is 11.1. The van der Waals surface area contributed by atoms with Crippen LogP contribution < -0.4 is 9.47 Å². The first kappa shape index (κ1) is 46.0. The summed E-state index contributed by atoms with van der Waals surface area (Å²) in [6.45, 7) is 1.15. The third-order valence-electron chi connectivity index (χ3n) is 16.2. The van der Waals surface area contributed by atoms with Crippen molar-refractivity contribution < 1.29 is 49.0 Å². The molecule has 0 aromatic heterocycles. The molecule has 0 unspecified atom stereocenters. The number of aliphatic hydroxyl groups excluding tert-OH is 1. The van der Waals surface area contributed by atoms with E-state index in [0.29, 0.717) is 50.0 Å². The van der Waals surface area contributed by atoms with Gasteiger partial charge in [0.15, 0.2) is 23.0 Å². The molecule has 10 rings (SSSR count). The number of phenols is 3. The molecule has 2 saturated carbocycles. The lowest BCUT2D eigenvalue weighted by molar-refractivity contribution is -0.169. The van der Waals surface area contributed by atoms with E-state index >= 15 is 4.79 Å². The fraction of sp³-hybridized carbons (Fsp3) is 0.356. The normalized spacial score (nSPS) is 24.8. The largest absolute Gasteiger partial charge is 0.508 e. The summed E-state index contributed by atoms with van der Waals surface area (Å²) in [5, 5.41) is 47.0. The highest BCUT2D eigenvalue weighted by atomic mass is 16.6. The van der Waals surface area contributed by atoms with E-state index in [1.165, 1.54) is 21.1 Å². The third kappa shape index (κ3) is 8.16. The van der Waals surface area contributed by atoms with Crippen molar-refractivity contribution in [2.45, 2.75) is 94.2 Å². The minimum atomic E-state index is -0.954. The van der Waals surface area contributed by atoms with Gasteiger partial charge in [-0.1, -0.05) is 97.8 Å². The molecule has 10 nitrogen and oxygen atoms in total. The topological polar surface area (TPSA) is 152 Å². The van der Waals surface area contributed by atoms with Gasteiger partial charge in [-0.15, -0.1) is 0 Å². The highest BCUT2D eigenvalue weighted by Gasteiger charge is 2.60. The molecule has 69 heavy (non-hydrogen) atoms. The summed E-state index contributed by atoms with van der Waals surface area (Å²) < 4.78 is 24.9. The van der Waals surface area contributed by atoms with Crippen LogP contribution in [0.15, 0.2) is 121 Å². The SMILES string of the molecule is COc1cc2c(cc1O)[C@@H](CO)[C@]1(/C=C/c3ccccc3)[C@@H]3CCc4cc(O)c(OC)cc4[C@H]3C[C@H](OC(=O)C3(c4ccc5cc(O)cc(-c6ccccc6)c5c4)CCCC3)C[C@@H](OC(C)=O)[C@H]1C2. The average Bonchev–Trinajstić information content (AvgIpc) is 3.86. The van der Waals surface area contributed by atoms with Crippen LogP contribution in [0.5, 0.6) is 28.7 Å². The number of aromatic hydroxyl groups is 3. The molecule has 6 aromatic rings. The summed E-state index contributed by atoms with van der Waals surface area (Å²) in [4.78, 5) is 29.0. The van der Waals surface area contributed by atoms with E-state index in [4.69, 9.17) is 18.9 Å². The molecule has 7 atom stereocenters. The Bertz CT molecular complexity index is 2920. The third-order valence-corrected chi connectivity index (χ3v) is 16.2. The van der Waals surface area contributed by atoms with Crippen molar-refractivity contribution in [1.29, 1.82) is 0 Å². The standard InChI is InChI=1S/C59H60O10/c1-35(61)68-54-31-43(69-57(65)58(21-10-11-22-58)41-18-16-38-24-42(62)29-45(44(38)28-41)37-14-8-5-9-15-37)30-48-46-33-56(67-3)52(63)26-39(46)17-19-49(48)59(23-20-36-12-6-4-7-13-36)50(54)25-40-27-55(66-2)53(64)32-47(40)51(59)34-60/h4-9,12-16,18,20,23-24,26-29,32-33,43,48-51,54,60,62-64H,10-11,17,19,21-22,25,30-31,34H2,1-3H3/b23-20+/t43-,48+,49+,50+,51+,54+,59+/m0/s1. The Morgan fingerprint density at radius 1 is 0.739 bits per heavy atom. The summed E-state index contributed by atoms with van der Waals surface area (Å²) >= 11 is 0. The average molecular weight is 929 g/mol. The lowest BCUT2D eigenvalue weighted by Crippen LogP contribution is -2.56. The van der Waals surface area contributed by atoms with Gasteiger partial charge in [-0.25, -0.2) is 0 Å². The summed E-state index contributed by atoms with van der Waals surface area (Å²) in [6, 6.07) is 36.8. The van der Waals surface area contributed by atoms with E-state index < -0.39 is 40.8 Å². The van der Waals surface area contributed by atoms with Gasteiger partial charge in [0.25, 0.3) is 0 Å². The Kier molecular flexibility index (Phi) is 12.4. The molecule has 6 aromatic carbocycles. The number of fused-ring (bicyclic) bond motifs is 7. The number of esters is 2. The van der Waals surface area contributed by atoms with Crippen LogP contribution in [-0.2, 0) is 37.3 Å². The monoisotopic (exact) mass is 928 g/mol. The van der Waals surface area contributed by atoms with E-state index in [-0.39, 0.29) is 48.1 Å². The minimum absolute atomic E-state index is 0.0304. The minimum Gasteiger partial charge on any atom is -0.508 e. The van der Waals surface area contributed by atoms with Crippen LogP contribution in [-0.4, -0.2) is 65.4 Å². The van der Waals surface area contributed by atoms with Crippen molar-refractivity contribution in [3.8, 4) is 39.9 Å². The number of carbonyl (C=O) groups is 2. The zero-order chi connectivity index (χ0) is 48.0. The molecular weight excluding hydrogens is 869 g/mol. The lowest BCUT2D eigenvalue weighted by atomic mass is 9.46. The first-order chi connectivity index (χ1) is 33.5. The molecule has 4 N–H and O–H groups in total. The van der Waals surface area contributed by atoms with Gasteiger partial charge in [0.1, 0.15) is 18.0 Å². The second kappa shape index (κ2) is 18.6. The molecule has 4 aliphatic rings. The van der Waals surface area contributed by atoms with Crippen molar-refractivity contribution in [3.63, 3.8) is 0 Å². The zero-order valence-electron chi connectivity index (χ0n) is 39.4. The molecular formula is C59H60O10. The van der Waals surface area contributed by atoms with Gasteiger partial charge in [0.05, 0.1) is 26.2 Å². The van der Waals surface area contributed by atoms with Crippen molar-refractivity contribution in [1.82, 2.24) is 0 Å². The Balaban J connectivity index is 1.14. The summed E-state index contributed by atoms with van der Waals surface area (Å²) in [6.07, 6.45) is 7.97. The maximum absolute atomic E-state index is 15.5. The predicted molar refractivity (Wildman–Crippen MR) is 265 cm³/mol. The van der Waals surface area contributed by atoms with Crippen LogP contribution >= 0.6 is 0 Å². The van der Waals surface area contributed by atoms with Gasteiger partial charge in [0, 0.05) is 30.6 Å². The van der Waals surface area contributed by atoms with E-state index in [1.54, 1.807) is 24.3 Å². The van der Waals surface area contributed by atoms with Gasteiger partial charge in [-0.2, -0.15) is 0 Å². The Morgan fingerprint density at radius 3 is 2.16 bits per heavy atom. The second-order valence-corrected chi connectivity index (χ2v) is 19.7. The quantitative estimate of drug-likeness (QED) is 0.0977. The lowest BCUT2D eigenvalue weighted by Gasteiger charge is -2.59. The van der Waals surface area contributed by atoms with Crippen LogP contribution in [0.4, 0.5) is 0 Å². The van der Waals surface area contributed by atoms with Gasteiger partial charge < -0.3 is 39.4 Å². The second-order valence-electron chi connectivity index (χ2n) is 19.7. The molecule has 0 saturated heterocycles. The van der Waals surface area contributed by atoms with Crippen LogP contribution in [0.25, 0.3) is 28.0 Å². The highest BCUT2D eigenvalue weighted by molar-refractivity contribution is 5.99. The number of benzene rings is 6. The van der Waals surface area contributed by atoms with Gasteiger partial charge >= 0.3 is 11.9 Å². The number of carbonyl (C=O) groups excluding carboxylic acids is 2. The van der Waals surface area contributed by atoms with Crippen molar-refractivity contribution in [3.05, 3.63) is 155 Å². The van der Waals surface area contributed by atoms with Crippen LogP contribution in [0.2, 0.25) is 0 Å². The fourth-order valence-corrected chi connectivity index (χ4v) is 13.2. The molecule has 2 fully saturated rings. The molecule has 0 heterocycles. The fourth-order valence-electron chi connectivity index (χ4n) is 13.2. The summed E-state index contributed by atoms with van der Waals surface area (Å²) in [5.74, 6) is -1.49. The molecule has 4 aliphatic carbocycles. The smallest absolute Gasteiger partial charge is 0.316 e. The first-order valence-electron chi connectivity index (χ1n) is 24.3. The highest BCUT2D eigenvalue weighted by Crippen LogP contribution is 2.65. The molecule has 0 radical (unpaired) electrons. The number of allylic oxidation sites excluding steroid dienone is 1. The zero-order valence-corrected chi connectivity index (χ0v) is 39.4. The summed E-state index contributed by atoms with van der Waals surface area (Å²) in [5.41, 5.74) is 5.42. The summed E-state index contributed by atoms with van der Waals surface area (Å²) in [7, 11) is 3.05. The van der Waals surface area contributed by atoms with Crippen LogP contribution in [0.3, 0.4) is 0 Å². The molecule has 0 amide bonds. The van der Waals surface area contributed by atoms with E-state index in [0.717, 1.165) is 68.1 Å². The first-order valence-corrected chi connectivity index (χ1v) is 24.3. The van der Waals surface area contributed by atoms with E-state index in [1.807, 2.05) is 84.9 Å². The number of rotatable bonds is 10. The van der Waals surface area contributed by atoms with E-state index in [9.17, 15) is 25.2 Å². The molecule has 0 aliphatic heterocycles. The Labute approximate surface area is 403 Å². The molecule has 0 bridgehead atoms. The number of aryl methyl sites for hydroxylation is 1.